The van der Waals surface area contributed by atoms with Gasteiger partial charge in [-0.1, -0.05) is 38.8 Å². The molecular formula is C16H27FIN3. The smallest absolute Gasteiger partial charge is 0.190 e. The number of hydrogen-bond acceptors (Lipinski definition) is 1. The quantitative estimate of drug-likeness (QED) is 0.412. The zero-order valence-corrected chi connectivity index (χ0v) is 15.5. The molecule has 1 aromatic rings. The number of benzene rings is 1. The molecule has 0 aliphatic rings. The third-order valence-corrected chi connectivity index (χ3v) is 3.56. The van der Waals surface area contributed by atoms with Crippen LogP contribution in [0.25, 0.3) is 0 Å². The molecule has 1 rings (SSSR count). The lowest BCUT2D eigenvalue weighted by Crippen LogP contribution is -2.40. The summed E-state index contributed by atoms with van der Waals surface area (Å²) in [6.45, 7) is 6.15. The topological polar surface area (TPSA) is 36.4 Å². The number of hydrogen-bond donors (Lipinski definition) is 2. The average molecular weight is 407 g/mol. The maximum absolute atomic E-state index is 12.8. The highest BCUT2D eigenvalue weighted by Crippen LogP contribution is 2.05. The lowest BCUT2D eigenvalue weighted by molar-refractivity contribution is 0.481. The standard InChI is InChI=1S/C16H26FN3.HI/c1-4-13(5-2)12-20-16(18-3)19-11-10-14-6-8-15(17)9-7-14;/h6-9,13H,4-5,10-12H2,1-3H3,(H2,18,19,20);1H. The second-order valence-electron chi connectivity index (χ2n) is 4.94. The highest BCUT2D eigenvalue weighted by atomic mass is 127. The van der Waals surface area contributed by atoms with Crippen LogP contribution in [0.1, 0.15) is 32.3 Å². The molecule has 0 heterocycles. The Morgan fingerprint density at radius 1 is 1.14 bits per heavy atom. The number of nitrogens with one attached hydrogen (secondary N) is 2. The molecule has 1 aromatic carbocycles. The normalized spacial score (nSPS) is 11.2. The number of aliphatic imine (C=N–C) groups is 1. The molecule has 0 bridgehead atoms. The van der Waals surface area contributed by atoms with Crippen molar-refractivity contribution < 1.29 is 4.39 Å². The first-order chi connectivity index (χ1) is 9.69. The van der Waals surface area contributed by atoms with Crippen LogP contribution in [0.2, 0.25) is 0 Å². The first kappa shape index (κ1) is 20.1. The van der Waals surface area contributed by atoms with Crippen molar-refractivity contribution in [3.63, 3.8) is 0 Å². The first-order valence-electron chi connectivity index (χ1n) is 7.38. The van der Waals surface area contributed by atoms with Gasteiger partial charge in [-0.05, 0) is 30.0 Å². The van der Waals surface area contributed by atoms with Gasteiger partial charge in [0.1, 0.15) is 5.82 Å². The molecule has 21 heavy (non-hydrogen) atoms. The van der Waals surface area contributed by atoms with Crippen LogP contribution >= 0.6 is 24.0 Å². The molecule has 0 fully saturated rings. The number of rotatable bonds is 7. The van der Waals surface area contributed by atoms with Crippen LogP contribution in [0.5, 0.6) is 0 Å². The van der Waals surface area contributed by atoms with E-state index in [4.69, 9.17) is 0 Å². The predicted octanol–water partition coefficient (Wildman–Crippen LogP) is 3.59. The minimum absolute atomic E-state index is 0. The Morgan fingerprint density at radius 2 is 1.76 bits per heavy atom. The van der Waals surface area contributed by atoms with Gasteiger partial charge in [-0.15, -0.1) is 24.0 Å². The lowest BCUT2D eigenvalue weighted by Gasteiger charge is -2.16. The fraction of sp³-hybridized carbons (Fsp3) is 0.562. The minimum Gasteiger partial charge on any atom is -0.356 e. The van der Waals surface area contributed by atoms with E-state index in [0.29, 0.717) is 5.92 Å². The first-order valence-corrected chi connectivity index (χ1v) is 7.38. The van der Waals surface area contributed by atoms with Gasteiger partial charge in [-0.3, -0.25) is 4.99 Å². The molecule has 0 saturated heterocycles. The van der Waals surface area contributed by atoms with Crippen molar-refractivity contribution in [1.82, 2.24) is 10.6 Å². The van der Waals surface area contributed by atoms with Crippen LogP contribution in [0.3, 0.4) is 0 Å². The molecule has 120 valence electrons. The van der Waals surface area contributed by atoms with Crippen molar-refractivity contribution in [3.05, 3.63) is 35.6 Å². The summed E-state index contributed by atoms with van der Waals surface area (Å²) in [4.78, 5) is 4.21. The summed E-state index contributed by atoms with van der Waals surface area (Å²) < 4.78 is 12.8. The fourth-order valence-corrected chi connectivity index (χ4v) is 2.02. The van der Waals surface area contributed by atoms with Gasteiger partial charge in [0, 0.05) is 20.1 Å². The minimum atomic E-state index is -0.190. The Hall–Kier alpha value is -0.850. The highest BCUT2D eigenvalue weighted by Gasteiger charge is 2.04. The van der Waals surface area contributed by atoms with Crippen molar-refractivity contribution in [2.75, 3.05) is 20.1 Å². The van der Waals surface area contributed by atoms with Gasteiger partial charge >= 0.3 is 0 Å². The summed E-state index contributed by atoms with van der Waals surface area (Å²) in [7, 11) is 1.78. The monoisotopic (exact) mass is 407 g/mol. The molecule has 5 heteroatoms. The zero-order valence-electron chi connectivity index (χ0n) is 13.2. The third-order valence-electron chi connectivity index (χ3n) is 3.56. The molecule has 0 amide bonds. The Morgan fingerprint density at radius 3 is 2.29 bits per heavy atom. The van der Waals surface area contributed by atoms with Crippen LogP contribution in [-0.4, -0.2) is 26.1 Å². The van der Waals surface area contributed by atoms with Crippen LogP contribution in [0.4, 0.5) is 4.39 Å². The summed E-state index contributed by atoms with van der Waals surface area (Å²) in [6, 6.07) is 6.62. The average Bonchev–Trinajstić information content (AvgIpc) is 2.48. The van der Waals surface area contributed by atoms with E-state index in [1.807, 2.05) is 12.1 Å². The molecule has 0 unspecified atom stereocenters. The van der Waals surface area contributed by atoms with Crippen molar-refractivity contribution in [3.8, 4) is 0 Å². The Bertz CT molecular complexity index is 402. The van der Waals surface area contributed by atoms with Crippen LogP contribution in [0, 0.1) is 11.7 Å². The molecule has 0 aliphatic carbocycles. The van der Waals surface area contributed by atoms with E-state index >= 15 is 0 Å². The van der Waals surface area contributed by atoms with Gasteiger partial charge in [-0.25, -0.2) is 4.39 Å². The number of nitrogens with zero attached hydrogens (tertiary/aromatic N) is 1. The second kappa shape index (κ2) is 11.8. The van der Waals surface area contributed by atoms with Crippen molar-refractivity contribution in [1.29, 1.82) is 0 Å². The fourth-order valence-electron chi connectivity index (χ4n) is 2.02. The summed E-state index contributed by atoms with van der Waals surface area (Å²) in [5, 5.41) is 6.63. The van der Waals surface area contributed by atoms with Gasteiger partial charge in [0.2, 0.25) is 0 Å². The van der Waals surface area contributed by atoms with Crippen LogP contribution in [0.15, 0.2) is 29.3 Å². The number of halogens is 2. The summed E-state index contributed by atoms with van der Waals surface area (Å²) in [5.41, 5.74) is 1.12. The summed E-state index contributed by atoms with van der Waals surface area (Å²) >= 11 is 0. The molecule has 0 saturated carbocycles. The van der Waals surface area contributed by atoms with E-state index in [1.165, 1.54) is 25.0 Å². The van der Waals surface area contributed by atoms with Crippen molar-refractivity contribution in [2.24, 2.45) is 10.9 Å². The Labute approximate surface area is 144 Å². The maximum Gasteiger partial charge on any atom is 0.190 e. The molecule has 3 nitrogen and oxygen atoms in total. The van der Waals surface area contributed by atoms with Gasteiger partial charge in [-0.2, -0.15) is 0 Å². The number of guanidine groups is 1. The SMILES string of the molecule is CCC(CC)CNC(=NC)NCCc1ccc(F)cc1.I. The molecular weight excluding hydrogens is 380 g/mol. The third kappa shape index (κ3) is 8.24. The highest BCUT2D eigenvalue weighted by molar-refractivity contribution is 14.0. The van der Waals surface area contributed by atoms with Gasteiger partial charge < -0.3 is 10.6 Å². The van der Waals surface area contributed by atoms with Crippen molar-refractivity contribution in [2.45, 2.75) is 33.1 Å². The van der Waals surface area contributed by atoms with Crippen LogP contribution < -0.4 is 10.6 Å². The molecule has 0 spiro atoms. The molecule has 0 aromatic heterocycles. The Kier molecular flexibility index (Phi) is 11.3. The largest absolute Gasteiger partial charge is 0.356 e. The molecule has 0 atom stereocenters. The summed E-state index contributed by atoms with van der Waals surface area (Å²) in [5.74, 6) is 1.33. The van der Waals surface area contributed by atoms with Crippen molar-refractivity contribution >= 4 is 29.9 Å². The summed E-state index contributed by atoms with van der Waals surface area (Å²) in [6.07, 6.45) is 3.21. The van der Waals surface area contributed by atoms with Gasteiger partial charge in [0.05, 0.1) is 0 Å². The molecule has 2 N–H and O–H groups in total. The van der Waals surface area contributed by atoms with E-state index in [9.17, 15) is 4.39 Å². The van der Waals surface area contributed by atoms with E-state index < -0.39 is 0 Å². The molecule has 0 aliphatic heterocycles. The zero-order chi connectivity index (χ0) is 14.8. The second-order valence-corrected chi connectivity index (χ2v) is 4.94. The van der Waals surface area contributed by atoms with E-state index in [0.717, 1.165) is 31.0 Å². The lowest BCUT2D eigenvalue weighted by atomic mass is 10.0. The van der Waals surface area contributed by atoms with E-state index in [-0.39, 0.29) is 29.8 Å². The van der Waals surface area contributed by atoms with E-state index in [2.05, 4.69) is 29.5 Å². The van der Waals surface area contributed by atoms with Crippen LogP contribution in [-0.2, 0) is 6.42 Å². The van der Waals surface area contributed by atoms with Gasteiger partial charge in [0.25, 0.3) is 0 Å². The Balaban J connectivity index is 0.00000400. The molecule has 0 radical (unpaired) electrons. The van der Waals surface area contributed by atoms with E-state index in [1.54, 1.807) is 7.05 Å². The maximum atomic E-state index is 12.8. The van der Waals surface area contributed by atoms with Gasteiger partial charge in [0.15, 0.2) is 5.96 Å². The predicted molar refractivity (Wildman–Crippen MR) is 99.0 cm³/mol.